The van der Waals surface area contributed by atoms with E-state index < -0.39 is 0 Å². The molecule has 1 fully saturated rings. The zero-order chi connectivity index (χ0) is 11.1. The molecule has 0 saturated heterocycles. The normalized spacial score (nSPS) is 16.5. The van der Waals surface area contributed by atoms with E-state index >= 15 is 0 Å². The number of nitrogens with zero attached hydrogens (tertiary/aromatic N) is 1. The highest BCUT2D eigenvalue weighted by molar-refractivity contribution is 5.37. The molecule has 1 aromatic heterocycles. The highest BCUT2D eigenvalue weighted by Crippen LogP contribution is 2.40. The van der Waals surface area contributed by atoms with E-state index in [0.717, 1.165) is 0 Å². The third kappa shape index (κ3) is 2.37. The van der Waals surface area contributed by atoms with Crippen LogP contribution in [0.2, 0.25) is 0 Å². The Kier molecular flexibility index (Phi) is 2.29. The van der Waals surface area contributed by atoms with Gasteiger partial charge in [-0.3, -0.25) is 4.79 Å². The molecule has 1 aliphatic rings. The molecular weight excluding hydrogens is 190 g/mol. The molecule has 0 bridgehead atoms. The van der Waals surface area contributed by atoms with Crippen LogP contribution in [0.25, 0.3) is 0 Å². The first-order chi connectivity index (χ1) is 6.97. The predicted molar refractivity (Wildman–Crippen MR) is 60.0 cm³/mol. The molecule has 0 radical (unpaired) electrons. The Hall–Kier alpha value is -1.32. The van der Waals surface area contributed by atoms with Crippen molar-refractivity contribution in [2.45, 2.75) is 39.2 Å². The lowest BCUT2D eigenvalue weighted by atomic mass is 9.99. The summed E-state index contributed by atoms with van der Waals surface area (Å²) in [6.45, 7) is 6.10. The van der Waals surface area contributed by atoms with E-state index in [-0.39, 0.29) is 11.1 Å². The van der Waals surface area contributed by atoms with Crippen molar-refractivity contribution in [3.8, 4) is 0 Å². The van der Waals surface area contributed by atoms with E-state index in [1.807, 2.05) is 0 Å². The lowest BCUT2D eigenvalue weighted by Gasteiger charge is -2.26. The Morgan fingerprint density at radius 3 is 2.73 bits per heavy atom. The van der Waals surface area contributed by atoms with Crippen molar-refractivity contribution in [2.75, 3.05) is 5.32 Å². The van der Waals surface area contributed by atoms with E-state index in [4.69, 9.17) is 0 Å². The van der Waals surface area contributed by atoms with Gasteiger partial charge in [0, 0.05) is 11.6 Å². The lowest BCUT2D eigenvalue weighted by molar-refractivity contribution is 0.492. The molecular formula is C11H17N3O. The van der Waals surface area contributed by atoms with Crippen LogP contribution in [0.15, 0.2) is 10.9 Å². The average molecular weight is 207 g/mol. The van der Waals surface area contributed by atoms with Gasteiger partial charge < -0.3 is 10.3 Å². The van der Waals surface area contributed by atoms with Gasteiger partial charge in [0.15, 0.2) is 0 Å². The minimum Gasteiger partial charge on any atom is -0.365 e. The van der Waals surface area contributed by atoms with Gasteiger partial charge in [-0.15, -0.1) is 0 Å². The number of hydrogen-bond donors (Lipinski definition) is 2. The zero-order valence-corrected chi connectivity index (χ0v) is 9.42. The van der Waals surface area contributed by atoms with Crippen LogP contribution in [0, 0.1) is 12.8 Å². The predicted octanol–water partition coefficient (Wildman–Crippen LogP) is 1.68. The summed E-state index contributed by atoms with van der Waals surface area (Å²) >= 11 is 0. The highest BCUT2D eigenvalue weighted by Gasteiger charge is 2.37. The number of aryl methyl sites for hydroxylation is 1. The maximum absolute atomic E-state index is 11.2. The Morgan fingerprint density at radius 1 is 1.53 bits per heavy atom. The van der Waals surface area contributed by atoms with Gasteiger partial charge in [-0.25, -0.2) is 4.98 Å². The number of anilines is 1. The van der Waals surface area contributed by atoms with Crippen molar-refractivity contribution in [1.82, 2.24) is 9.97 Å². The Morgan fingerprint density at radius 2 is 2.20 bits per heavy atom. The first-order valence-electron chi connectivity index (χ1n) is 5.33. The fourth-order valence-electron chi connectivity index (χ4n) is 1.88. The van der Waals surface area contributed by atoms with Crippen LogP contribution in [0.1, 0.15) is 32.5 Å². The summed E-state index contributed by atoms with van der Waals surface area (Å²) in [6.07, 6.45) is 2.53. The monoisotopic (exact) mass is 207 g/mol. The van der Waals surface area contributed by atoms with Crippen molar-refractivity contribution < 1.29 is 0 Å². The summed E-state index contributed by atoms with van der Waals surface area (Å²) in [5.74, 6) is 2.03. The van der Waals surface area contributed by atoms with Gasteiger partial charge in [-0.1, -0.05) is 0 Å². The molecule has 15 heavy (non-hydrogen) atoms. The fourth-order valence-corrected chi connectivity index (χ4v) is 1.88. The second-order valence-electron chi connectivity index (χ2n) is 4.84. The van der Waals surface area contributed by atoms with Crippen LogP contribution in [-0.4, -0.2) is 15.5 Å². The van der Waals surface area contributed by atoms with Crippen molar-refractivity contribution in [3.63, 3.8) is 0 Å². The van der Waals surface area contributed by atoms with Crippen LogP contribution in [-0.2, 0) is 0 Å². The molecule has 1 aliphatic carbocycles. The first kappa shape index (κ1) is 10.2. The quantitative estimate of drug-likeness (QED) is 0.792. The number of rotatable bonds is 3. The summed E-state index contributed by atoms with van der Waals surface area (Å²) in [7, 11) is 0. The van der Waals surface area contributed by atoms with Gasteiger partial charge in [0.1, 0.15) is 11.6 Å². The van der Waals surface area contributed by atoms with Gasteiger partial charge in [0.05, 0.1) is 0 Å². The van der Waals surface area contributed by atoms with Crippen molar-refractivity contribution in [3.05, 3.63) is 22.2 Å². The Balaban J connectivity index is 2.19. The third-order valence-corrected chi connectivity index (χ3v) is 2.91. The Bertz CT molecular complexity index is 418. The SMILES string of the molecule is Cc1nc(NC(C)(C)C2CC2)cc(=O)[nH]1. The maximum Gasteiger partial charge on any atom is 0.252 e. The molecule has 82 valence electrons. The molecule has 4 nitrogen and oxygen atoms in total. The molecule has 4 heteroatoms. The van der Waals surface area contributed by atoms with Gasteiger partial charge in [0.25, 0.3) is 5.56 Å². The number of H-pyrrole nitrogens is 1. The van der Waals surface area contributed by atoms with Gasteiger partial charge in [-0.05, 0) is 39.5 Å². The number of aromatic amines is 1. The lowest BCUT2D eigenvalue weighted by Crippen LogP contribution is -2.34. The second-order valence-corrected chi connectivity index (χ2v) is 4.84. The van der Waals surface area contributed by atoms with E-state index in [1.165, 1.54) is 18.9 Å². The maximum atomic E-state index is 11.2. The van der Waals surface area contributed by atoms with Gasteiger partial charge >= 0.3 is 0 Å². The summed E-state index contributed by atoms with van der Waals surface area (Å²) in [6, 6.07) is 1.51. The topological polar surface area (TPSA) is 57.8 Å². The summed E-state index contributed by atoms with van der Waals surface area (Å²) in [5.41, 5.74) is -0.0654. The van der Waals surface area contributed by atoms with Crippen molar-refractivity contribution >= 4 is 5.82 Å². The van der Waals surface area contributed by atoms with E-state index in [9.17, 15) is 4.79 Å². The molecule has 0 amide bonds. The molecule has 0 unspecified atom stereocenters. The summed E-state index contributed by atoms with van der Waals surface area (Å²) in [4.78, 5) is 18.1. The minimum absolute atomic E-state index is 0.0350. The number of aromatic nitrogens is 2. The molecule has 1 aromatic rings. The molecule has 0 aliphatic heterocycles. The van der Waals surface area contributed by atoms with Crippen LogP contribution in [0.4, 0.5) is 5.82 Å². The molecule has 1 saturated carbocycles. The molecule has 0 spiro atoms. The van der Waals surface area contributed by atoms with Gasteiger partial charge in [-0.2, -0.15) is 0 Å². The number of hydrogen-bond acceptors (Lipinski definition) is 3. The minimum atomic E-state index is -0.100. The zero-order valence-electron chi connectivity index (χ0n) is 9.42. The fraction of sp³-hybridized carbons (Fsp3) is 0.636. The van der Waals surface area contributed by atoms with E-state index in [0.29, 0.717) is 17.6 Å². The third-order valence-electron chi connectivity index (χ3n) is 2.91. The van der Waals surface area contributed by atoms with E-state index in [2.05, 4.69) is 29.1 Å². The standard InChI is InChI=1S/C11H17N3O/c1-7-12-9(6-10(15)13-7)14-11(2,3)8-4-5-8/h6,8H,4-5H2,1-3H3,(H2,12,13,14,15). The highest BCUT2D eigenvalue weighted by atomic mass is 16.1. The number of nitrogens with one attached hydrogen (secondary N) is 2. The summed E-state index contributed by atoms with van der Waals surface area (Å²) < 4.78 is 0. The smallest absolute Gasteiger partial charge is 0.252 e. The van der Waals surface area contributed by atoms with Crippen LogP contribution >= 0.6 is 0 Å². The van der Waals surface area contributed by atoms with Crippen molar-refractivity contribution in [1.29, 1.82) is 0 Å². The Labute approximate surface area is 89.1 Å². The summed E-state index contributed by atoms with van der Waals surface area (Å²) in [5, 5.41) is 3.33. The molecule has 0 atom stereocenters. The average Bonchev–Trinajstić information content (AvgIpc) is 2.80. The molecule has 0 aromatic carbocycles. The second kappa shape index (κ2) is 3.36. The van der Waals surface area contributed by atoms with Crippen molar-refractivity contribution in [2.24, 2.45) is 5.92 Å². The van der Waals surface area contributed by atoms with Crippen LogP contribution < -0.4 is 10.9 Å². The van der Waals surface area contributed by atoms with Gasteiger partial charge in [0.2, 0.25) is 0 Å². The van der Waals surface area contributed by atoms with E-state index in [1.54, 1.807) is 6.92 Å². The van der Waals surface area contributed by atoms with Crippen LogP contribution in [0.3, 0.4) is 0 Å². The van der Waals surface area contributed by atoms with Crippen LogP contribution in [0.5, 0.6) is 0 Å². The largest absolute Gasteiger partial charge is 0.365 e. The molecule has 2 N–H and O–H groups in total. The first-order valence-corrected chi connectivity index (χ1v) is 5.33. The molecule has 2 rings (SSSR count). The molecule has 1 heterocycles.